The van der Waals surface area contributed by atoms with Gasteiger partial charge in [0.2, 0.25) is 0 Å². The molecule has 218 valence electrons. The van der Waals surface area contributed by atoms with Crippen LogP contribution in [0, 0.1) is 0 Å². The SMILES string of the molecule is O=C(O)CCCCCN=C1CC(c2ccccc2)CC(=O)/C1=C(/O)CCc1noc2c1C(=O)CC(c1ccccc1)C2. The van der Waals surface area contributed by atoms with Crippen molar-refractivity contribution in [1.82, 2.24) is 5.16 Å². The Morgan fingerprint density at radius 3 is 2.12 bits per heavy atom. The second-order valence-electron chi connectivity index (χ2n) is 11.2. The number of Topliss-reactive ketones (excluding diaryl/α,β-unsaturated/α-hetero) is 2. The van der Waals surface area contributed by atoms with Crippen LogP contribution in [0.25, 0.3) is 0 Å². The van der Waals surface area contributed by atoms with Gasteiger partial charge in [0, 0.05) is 50.8 Å². The van der Waals surface area contributed by atoms with Crippen LogP contribution in [0.3, 0.4) is 0 Å². The summed E-state index contributed by atoms with van der Waals surface area (Å²) in [5.74, 6) is -0.433. The fourth-order valence-electron chi connectivity index (χ4n) is 6.04. The van der Waals surface area contributed by atoms with Gasteiger partial charge >= 0.3 is 5.97 Å². The molecule has 0 aliphatic heterocycles. The van der Waals surface area contributed by atoms with Crippen molar-refractivity contribution in [3.05, 3.63) is 100 Å². The van der Waals surface area contributed by atoms with E-state index < -0.39 is 5.97 Å². The molecule has 2 unspecified atom stereocenters. The number of carboxylic acids is 1. The number of benzene rings is 2. The Morgan fingerprint density at radius 2 is 1.45 bits per heavy atom. The first kappa shape index (κ1) is 29.2. The summed E-state index contributed by atoms with van der Waals surface area (Å²) in [7, 11) is 0. The number of allylic oxidation sites excluding steroid dienone is 2. The molecule has 1 saturated carbocycles. The van der Waals surface area contributed by atoms with E-state index in [0.717, 1.165) is 17.5 Å². The molecule has 0 amide bonds. The van der Waals surface area contributed by atoms with Gasteiger partial charge in [-0.25, -0.2) is 0 Å². The van der Waals surface area contributed by atoms with Crippen molar-refractivity contribution in [3.8, 4) is 0 Å². The first-order chi connectivity index (χ1) is 20.4. The molecule has 1 heterocycles. The van der Waals surface area contributed by atoms with Gasteiger partial charge in [0.1, 0.15) is 11.5 Å². The lowest BCUT2D eigenvalue weighted by atomic mass is 9.78. The quantitative estimate of drug-likeness (QED) is 0.152. The summed E-state index contributed by atoms with van der Waals surface area (Å²) >= 11 is 0. The number of aliphatic carboxylic acids is 1. The normalized spacial score (nSPS) is 20.9. The van der Waals surface area contributed by atoms with E-state index in [-0.39, 0.29) is 60.4 Å². The Hall–Kier alpha value is -4.33. The van der Waals surface area contributed by atoms with Crippen molar-refractivity contribution < 1.29 is 29.1 Å². The highest BCUT2D eigenvalue weighted by molar-refractivity contribution is 6.24. The lowest BCUT2D eigenvalue weighted by Gasteiger charge is -2.26. The highest BCUT2D eigenvalue weighted by Crippen LogP contribution is 2.36. The van der Waals surface area contributed by atoms with Gasteiger partial charge in [0.25, 0.3) is 0 Å². The molecule has 2 aliphatic rings. The molecule has 0 spiro atoms. The first-order valence-corrected chi connectivity index (χ1v) is 14.7. The van der Waals surface area contributed by atoms with Crippen molar-refractivity contribution in [2.45, 2.75) is 76.0 Å². The summed E-state index contributed by atoms with van der Waals surface area (Å²) in [6.45, 7) is 0.453. The molecule has 0 saturated heterocycles. The molecule has 0 bridgehead atoms. The van der Waals surface area contributed by atoms with Crippen LogP contribution in [0.2, 0.25) is 0 Å². The van der Waals surface area contributed by atoms with Gasteiger partial charge in [-0.3, -0.25) is 19.4 Å². The molecule has 5 rings (SSSR count). The summed E-state index contributed by atoms with van der Waals surface area (Å²) in [5.41, 5.74) is 4.01. The van der Waals surface area contributed by atoms with Crippen molar-refractivity contribution in [2.75, 3.05) is 6.54 Å². The summed E-state index contributed by atoms with van der Waals surface area (Å²) in [4.78, 5) is 42.1. The number of carbonyl (C=O) groups is 3. The van der Waals surface area contributed by atoms with Crippen LogP contribution in [0.1, 0.15) is 96.1 Å². The number of aryl methyl sites for hydroxylation is 1. The van der Waals surface area contributed by atoms with E-state index in [0.29, 0.717) is 61.4 Å². The zero-order chi connectivity index (χ0) is 29.5. The first-order valence-electron chi connectivity index (χ1n) is 14.7. The fraction of sp³-hybridized carbons (Fsp3) is 0.382. The van der Waals surface area contributed by atoms with Crippen LogP contribution in [0.4, 0.5) is 0 Å². The van der Waals surface area contributed by atoms with E-state index >= 15 is 0 Å². The lowest BCUT2D eigenvalue weighted by molar-refractivity contribution is -0.137. The molecule has 3 aromatic rings. The number of ketones is 2. The molecule has 1 aromatic heterocycles. The van der Waals surface area contributed by atoms with Crippen LogP contribution in [0.5, 0.6) is 0 Å². The molecule has 1 fully saturated rings. The Kier molecular flexibility index (Phi) is 9.41. The van der Waals surface area contributed by atoms with Crippen LogP contribution >= 0.6 is 0 Å². The molecular weight excluding hydrogens is 532 g/mol. The second-order valence-corrected chi connectivity index (χ2v) is 11.2. The van der Waals surface area contributed by atoms with Crippen LogP contribution in [-0.2, 0) is 22.4 Å². The largest absolute Gasteiger partial charge is 0.511 e. The summed E-state index contributed by atoms with van der Waals surface area (Å²) in [5, 5.41) is 24.3. The lowest BCUT2D eigenvalue weighted by Crippen LogP contribution is -2.27. The van der Waals surface area contributed by atoms with E-state index in [9.17, 15) is 19.5 Å². The fourth-order valence-corrected chi connectivity index (χ4v) is 6.04. The molecule has 2 aromatic carbocycles. The average molecular weight is 569 g/mol. The van der Waals surface area contributed by atoms with E-state index in [2.05, 4.69) is 5.16 Å². The highest BCUT2D eigenvalue weighted by atomic mass is 16.5. The Bertz CT molecular complexity index is 1490. The molecule has 8 heteroatoms. The zero-order valence-corrected chi connectivity index (χ0v) is 23.6. The summed E-state index contributed by atoms with van der Waals surface area (Å²) < 4.78 is 5.60. The molecular formula is C34H36N2O6. The minimum absolute atomic E-state index is 0.0157. The Balaban J connectivity index is 1.31. The number of carboxylic acid groups (broad SMARTS) is 1. The summed E-state index contributed by atoms with van der Waals surface area (Å²) in [6, 6.07) is 19.7. The Labute approximate surface area is 245 Å². The maximum Gasteiger partial charge on any atom is 0.303 e. The van der Waals surface area contributed by atoms with Gasteiger partial charge in [-0.2, -0.15) is 0 Å². The predicted octanol–water partition coefficient (Wildman–Crippen LogP) is 6.56. The maximum atomic E-state index is 13.4. The number of aromatic nitrogens is 1. The molecule has 42 heavy (non-hydrogen) atoms. The van der Waals surface area contributed by atoms with Gasteiger partial charge in [-0.15, -0.1) is 0 Å². The maximum absolute atomic E-state index is 13.4. The third-order valence-corrected chi connectivity index (χ3v) is 8.20. The van der Waals surface area contributed by atoms with Gasteiger partial charge < -0.3 is 14.7 Å². The summed E-state index contributed by atoms with van der Waals surface area (Å²) in [6.07, 6.45) is 4.31. The minimum atomic E-state index is -0.814. The van der Waals surface area contributed by atoms with Crippen molar-refractivity contribution in [2.24, 2.45) is 4.99 Å². The third-order valence-electron chi connectivity index (χ3n) is 8.20. The Morgan fingerprint density at radius 1 is 0.810 bits per heavy atom. The molecule has 2 N–H and O–H groups in total. The number of fused-ring (bicyclic) bond motifs is 1. The number of carbonyl (C=O) groups excluding carboxylic acids is 2. The third kappa shape index (κ3) is 6.93. The standard InChI is InChI=1S/C34H36N2O6/c37-28(16-15-26-34-30(39)20-25(21-31(34)42-36-26)23-12-6-2-7-13-23)33-27(35-17-9-3-8-14-32(40)41)18-24(19-29(33)38)22-10-4-1-5-11-22/h1-2,4-7,10-13,24-25,37H,3,8-9,14-21H2,(H,40,41)/b33-28+,35-27?. The highest BCUT2D eigenvalue weighted by Gasteiger charge is 2.34. The average Bonchev–Trinajstić information content (AvgIpc) is 3.42. The smallest absolute Gasteiger partial charge is 0.303 e. The number of aliphatic imine (C=N–C) groups is 1. The van der Waals surface area contributed by atoms with Gasteiger partial charge in [-0.1, -0.05) is 72.2 Å². The topological polar surface area (TPSA) is 130 Å². The second kappa shape index (κ2) is 13.6. The van der Waals surface area contributed by atoms with E-state index in [1.54, 1.807) is 0 Å². The number of unbranched alkanes of at least 4 members (excludes halogenated alkanes) is 2. The van der Waals surface area contributed by atoms with E-state index in [1.165, 1.54) is 0 Å². The molecule has 2 aliphatic carbocycles. The van der Waals surface area contributed by atoms with Crippen LogP contribution in [0.15, 0.2) is 81.5 Å². The van der Waals surface area contributed by atoms with E-state index in [4.69, 9.17) is 14.6 Å². The number of nitrogens with zero attached hydrogens (tertiary/aromatic N) is 2. The van der Waals surface area contributed by atoms with Gasteiger partial charge in [-0.05, 0) is 42.2 Å². The number of rotatable bonds is 11. The van der Waals surface area contributed by atoms with Gasteiger partial charge in [0.15, 0.2) is 11.6 Å². The van der Waals surface area contributed by atoms with Crippen LogP contribution < -0.4 is 0 Å². The number of hydrogen-bond donors (Lipinski definition) is 2. The minimum Gasteiger partial charge on any atom is -0.511 e. The number of aliphatic hydroxyl groups is 1. The monoisotopic (exact) mass is 568 g/mol. The zero-order valence-electron chi connectivity index (χ0n) is 23.6. The predicted molar refractivity (Wildman–Crippen MR) is 158 cm³/mol. The number of aliphatic hydroxyl groups excluding tert-OH is 1. The van der Waals surface area contributed by atoms with E-state index in [1.807, 2.05) is 60.7 Å². The molecule has 0 radical (unpaired) electrons. The van der Waals surface area contributed by atoms with Gasteiger partial charge in [0.05, 0.1) is 16.8 Å². The molecule has 2 atom stereocenters. The van der Waals surface area contributed by atoms with Crippen molar-refractivity contribution >= 4 is 23.2 Å². The number of hydrogen-bond acceptors (Lipinski definition) is 7. The molecule has 8 nitrogen and oxygen atoms in total. The van der Waals surface area contributed by atoms with Crippen molar-refractivity contribution in [1.29, 1.82) is 0 Å². The van der Waals surface area contributed by atoms with Crippen molar-refractivity contribution in [3.63, 3.8) is 0 Å². The van der Waals surface area contributed by atoms with Crippen LogP contribution in [-0.4, -0.2) is 45.2 Å².